The number of urea groups is 1. The van der Waals surface area contributed by atoms with Gasteiger partial charge >= 0.3 is 6.03 Å². The van der Waals surface area contributed by atoms with E-state index in [1.807, 2.05) is 43.4 Å². The molecule has 5 nitrogen and oxygen atoms in total. The van der Waals surface area contributed by atoms with Crippen LogP contribution in [0, 0.1) is 0 Å². The summed E-state index contributed by atoms with van der Waals surface area (Å²) in [4.78, 5) is 21.2. The molecule has 2 amide bonds. The normalized spacial score (nSPS) is 16.8. The summed E-state index contributed by atoms with van der Waals surface area (Å²) in [6.45, 7) is 2.35. The van der Waals surface area contributed by atoms with E-state index in [2.05, 4.69) is 33.4 Å². The number of benzene rings is 2. The third-order valence-electron chi connectivity index (χ3n) is 4.69. The molecule has 1 aromatic heterocycles. The third-order valence-corrected chi connectivity index (χ3v) is 5.72. The molecule has 0 bridgehead atoms. The van der Waals surface area contributed by atoms with Crippen LogP contribution < -0.4 is 10.2 Å². The number of nitrogens with one attached hydrogen (secondary N) is 1. The molecule has 1 aliphatic heterocycles. The fourth-order valence-corrected chi connectivity index (χ4v) is 4.32. The Morgan fingerprint density at radius 3 is 2.81 bits per heavy atom. The maximum atomic E-state index is 12.5. The summed E-state index contributed by atoms with van der Waals surface area (Å²) in [7, 11) is 1.82. The Hall–Kier alpha value is -2.60. The van der Waals surface area contributed by atoms with E-state index in [9.17, 15) is 4.79 Å². The van der Waals surface area contributed by atoms with E-state index >= 15 is 0 Å². The molecule has 0 spiro atoms. The predicted octanol–water partition coefficient (Wildman–Crippen LogP) is 3.72. The molecule has 1 unspecified atom stereocenters. The number of aromatic nitrogens is 1. The maximum Gasteiger partial charge on any atom is 0.317 e. The van der Waals surface area contributed by atoms with Crippen molar-refractivity contribution in [2.24, 2.45) is 0 Å². The van der Waals surface area contributed by atoms with E-state index in [-0.39, 0.29) is 12.1 Å². The number of carbonyl (C=O) groups excluding carboxylic acids is 1. The van der Waals surface area contributed by atoms with Gasteiger partial charge in [-0.15, -0.1) is 11.3 Å². The van der Waals surface area contributed by atoms with Crippen molar-refractivity contribution in [1.29, 1.82) is 0 Å². The van der Waals surface area contributed by atoms with Gasteiger partial charge in [0.1, 0.15) is 5.01 Å². The number of nitrogens with zero attached hydrogens (tertiary/aromatic N) is 3. The van der Waals surface area contributed by atoms with Gasteiger partial charge in [0.2, 0.25) is 0 Å². The Morgan fingerprint density at radius 1 is 1.23 bits per heavy atom. The molecule has 2 heterocycles. The zero-order valence-corrected chi connectivity index (χ0v) is 15.6. The lowest BCUT2D eigenvalue weighted by atomic mass is 10.3. The number of rotatable bonds is 4. The third kappa shape index (κ3) is 3.65. The molecule has 1 atom stereocenters. The van der Waals surface area contributed by atoms with Crippen molar-refractivity contribution in [2.45, 2.75) is 19.0 Å². The standard InChI is InChI=1S/C20H22N4OS/c1-23(14-19-22-17-9-5-6-10-18(17)26-19)20(25)21-15-11-12-24(13-15)16-7-3-2-4-8-16/h2-10,15H,11-14H2,1H3,(H,21,25). The van der Waals surface area contributed by atoms with Crippen LogP contribution in [0.4, 0.5) is 10.5 Å². The van der Waals surface area contributed by atoms with Crippen LogP contribution in [0.3, 0.4) is 0 Å². The van der Waals surface area contributed by atoms with Crippen LogP contribution in [0.25, 0.3) is 10.2 Å². The van der Waals surface area contributed by atoms with Crippen LogP contribution in [-0.4, -0.2) is 42.1 Å². The number of fused-ring (bicyclic) bond motifs is 1. The molecule has 4 rings (SSSR count). The van der Waals surface area contributed by atoms with Gasteiger partial charge in [-0.2, -0.15) is 0 Å². The molecular weight excluding hydrogens is 344 g/mol. The quantitative estimate of drug-likeness (QED) is 0.766. The first-order valence-electron chi connectivity index (χ1n) is 8.85. The molecular formula is C20H22N4OS. The van der Waals surface area contributed by atoms with Crippen molar-refractivity contribution >= 4 is 33.3 Å². The lowest BCUT2D eigenvalue weighted by Gasteiger charge is -2.21. The smallest absolute Gasteiger partial charge is 0.317 e. The molecule has 1 fully saturated rings. The van der Waals surface area contributed by atoms with Gasteiger partial charge < -0.3 is 15.1 Å². The number of thiazole rings is 1. The maximum absolute atomic E-state index is 12.5. The van der Waals surface area contributed by atoms with Gasteiger partial charge in [-0.05, 0) is 30.7 Å². The van der Waals surface area contributed by atoms with Crippen molar-refractivity contribution in [3.63, 3.8) is 0 Å². The highest BCUT2D eigenvalue weighted by Crippen LogP contribution is 2.23. The van der Waals surface area contributed by atoms with Gasteiger partial charge in [-0.25, -0.2) is 9.78 Å². The van der Waals surface area contributed by atoms with E-state index < -0.39 is 0 Å². The molecule has 1 aliphatic rings. The van der Waals surface area contributed by atoms with Crippen LogP contribution in [0.1, 0.15) is 11.4 Å². The van der Waals surface area contributed by atoms with E-state index in [0.717, 1.165) is 34.7 Å². The minimum atomic E-state index is -0.0378. The zero-order chi connectivity index (χ0) is 17.9. The summed E-state index contributed by atoms with van der Waals surface area (Å²) in [5.74, 6) is 0. The Morgan fingerprint density at radius 2 is 2.00 bits per heavy atom. The number of anilines is 1. The molecule has 0 saturated carbocycles. The first-order valence-corrected chi connectivity index (χ1v) is 9.67. The summed E-state index contributed by atoms with van der Waals surface area (Å²) in [6.07, 6.45) is 0.968. The van der Waals surface area contributed by atoms with E-state index in [1.54, 1.807) is 16.2 Å². The van der Waals surface area contributed by atoms with E-state index in [0.29, 0.717) is 6.54 Å². The monoisotopic (exact) mass is 366 g/mol. The fourth-order valence-electron chi connectivity index (χ4n) is 3.30. The van der Waals surface area contributed by atoms with Gasteiger partial charge in [-0.1, -0.05) is 30.3 Å². The number of hydrogen-bond donors (Lipinski definition) is 1. The highest BCUT2D eigenvalue weighted by atomic mass is 32.1. The Kier molecular flexibility index (Phi) is 4.75. The zero-order valence-electron chi connectivity index (χ0n) is 14.8. The molecule has 1 saturated heterocycles. The fraction of sp³-hybridized carbons (Fsp3) is 0.300. The molecule has 134 valence electrons. The van der Waals surface area contributed by atoms with Crippen LogP contribution in [0.2, 0.25) is 0 Å². The highest BCUT2D eigenvalue weighted by molar-refractivity contribution is 7.18. The SMILES string of the molecule is CN(Cc1nc2ccccc2s1)C(=O)NC1CCN(c2ccccc2)C1. The van der Waals surface area contributed by atoms with Crippen molar-refractivity contribution in [1.82, 2.24) is 15.2 Å². The number of amides is 2. The molecule has 0 aliphatic carbocycles. The topological polar surface area (TPSA) is 48.5 Å². The lowest BCUT2D eigenvalue weighted by Crippen LogP contribution is -2.43. The van der Waals surface area contributed by atoms with Gasteiger partial charge in [0.15, 0.2) is 0 Å². The average Bonchev–Trinajstić information content (AvgIpc) is 3.28. The van der Waals surface area contributed by atoms with Crippen LogP contribution in [0.5, 0.6) is 0 Å². The molecule has 6 heteroatoms. The van der Waals surface area contributed by atoms with Gasteiger partial charge in [-0.3, -0.25) is 0 Å². The second-order valence-electron chi connectivity index (χ2n) is 6.65. The summed E-state index contributed by atoms with van der Waals surface area (Å²) < 4.78 is 1.16. The molecule has 2 aromatic carbocycles. The number of para-hydroxylation sites is 2. The summed E-state index contributed by atoms with van der Waals surface area (Å²) in [5.41, 5.74) is 2.21. The van der Waals surface area contributed by atoms with Crippen molar-refractivity contribution < 1.29 is 4.79 Å². The summed E-state index contributed by atoms with van der Waals surface area (Å²) >= 11 is 1.64. The average molecular weight is 366 g/mol. The Bertz CT molecular complexity index is 862. The van der Waals surface area contributed by atoms with E-state index in [1.165, 1.54) is 5.69 Å². The van der Waals surface area contributed by atoms with Crippen LogP contribution >= 0.6 is 11.3 Å². The lowest BCUT2D eigenvalue weighted by molar-refractivity contribution is 0.203. The predicted molar refractivity (Wildman–Crippen MR) is 107 cm³/mol. The number of carbonyl (C=O) groups is 1. The molecule has 3 aromatic rings. The largest absolute Gasteiger partial charge is 0.369 e. The van der Waals surface area contributed by atoms with Crippen LogP contribution in [-0.2, 0) is 6.54 Å². The first-order chi connectivity index (χ1) is 12.7. The van der Waals surface area contributed by atoms with E-state index in [4.69, 9.17) is 0 Å². The number of hydrogen-bond acceptors (Lipinski definition) is 4. The minimum Gasteiger partial charge on any atom is -0.369 e. The second-order valence-corrected chi connectivity index (χ2v) is 7.76. The van der Waals surface area contributed by atoms with Crippen molar-refractivity contribution in [2.75, 3.05) is 25.0 Å². The molecule has 1 N–H and O–H groups in total. The molecule has 0 radical (unpaired) electrons. The Balaban J connectivity index is 1.33. The molecule has 26 heavy (non-hydrogen) atoms. The Labute approximate surface area is 157 Å². The van der Waals surface area contributed by atoms with Crippen molar-refractivity contribution in [3.05, 3.63) is 59.6 Å². The van der Waals surface area contributed by atoms with Crippen LogP contribution in [0.15, 0.2) is 54.6 Å². The van der Waals surface area contributed by atoms with Crippen molar-refractivity contribution in [3.8, 4) is 0 Å². The highest BCUT2D eigenvalue weighted by Gasteiger charge is 2.25. The minimum absolute atomic E-state index is 0.0378. The van der Waals surface area contributed by atoms with Gasteiger partial charge in [0.25, 0.3) is 0 Å². The first kappa shape index (κ1) is 16.8. The second kappa shape index (κ2) is 7.33. The summed E-state index contributed by atoms with van der Waals surface area (Å²) in [6, 6.07) is 18.6. The summed E-state index contributed by atoms with van der Waals surface area (Å²) in [5, 5.41) is 4.11. The van der Waals surface area contributed by atoms with Gasteiger partial charge in [0.05, 0.1) is 16.8 Å². The van der Waals surface area contributed by atoms with Gasteiger partial charge in [0, 0.05) is 31.9 Å².